The van der Waals surface area contributed by atoms with E-state index in [1.807, 2.05) is 6.92 Å². The molecule has 1 aromatic carbocycles. The smallest absolute Gasteiger partial charge is 0.253 e. The van der Waals surface area contributed by atoms with Crippen molar-refractivity contribution in [3.05, 3.63) is 34.6 Å². The first-order valence-electron chi connectivity index (χ1n) is 4.99. The van der Waals surface area contributed by atoms with E-state index in [0.29, 0.717) is 23.2 Å². The Balaban J connectivity index is 3.12. The number of carbonyl (C=O) groups excluding carboxylic acids is 1. The molecule has 0 unspecified atom stereocenters. The third-order valence-corrected chi connectivity index (χ3v) is 2.50. The molecule has 0 aliphatic carbocycles. The van der Waals surface area contributed by atoms with Gasteiger partial charge in [0.2, 0.25) is 0 Å². The molecule has 0 saturated heterocycles. The van der Waals surface area contributed by atoms with Crippen LogP contribution in [0.2, 0.25) is 0 Å². The summed E-state index contributed by atoms with van der Waals surface area (Å²) in [4.78, 5) is 13.4. The van der Waals surface area contributed by atoms with Gasteiger partial charge in [-0.2, -0.15) is 0 Å². The van der Waals surface area contributed by atoms with Crippen molar-refractivity contribution in [1.82, 2.24) is 4.90 Å². The first-order chi connectivity index (χ1) is 6.97. The molecular formula is C12H16FNO. The summed E-state index contributed by atoms with van der Waals surface area (Å²) in [5.41, 5.74) is 1.58. The summed E-state index contributed by atoms with van der Waals surface area (Å²) in [6.07, 6.45) is 0. The summed E-state index contributed by atoms with van der Waals surface area (Å²) in [5, 5.41) is 0. The van der Waals surface area contributed by atoms with Gasteiger partial charge >= 0.3 is 0 Å². The number of amides is 1. The second-order valence-electron chi connectivity index (χ2n) is 3.74. The highest BCUT2D eigenvalue weighted by Gasteiger charge is 2.13. The summed E-state index contributed by atoms with van der Waals surface area (Å²) in [6, 6.07) is 3.19. The van der Waals surface area contributed by atoms with Gasteiger partial charge in [-0.05, 0) is 44.0 Å². The molecule has 0 heterocycles. The number of rotatable bonds is 2. The molecule has 2 nitrogen and oxygen atoms in total. The van der Waals surface area contributed by atoms with E-state index in [2.05, 4.69) is 0 Å². The van der Waals surface area contributed by atoms with Gasteiger partial charge in [-0.1, -0.05) is 0 Å². The van der Waals surface area contributed by atoms with E-state index in [1.165, 1.54) is 0 Å². The third kappa shape index (κ3) is 2.35. The van der Waals surface area contributed by atoms with Crippen LogP contribution in [0, 0.1) is 19.7 Å². The van der Waals surface area contributed by atoms with Crippen molar-refractivity contribution in [1.29, 1.82) is 0 Å². The largest absolute Gasteiger partial charge is 0.342 e. The van der Waals surface area contributed by atoms with E-state index in [9.17, 15) is 9.18 Å². The SMILES string of the molecule is CCN(C)C(=O)c1cc(C)c(F)c(C)c1. The molecule has 0 aromatic heterocycles. The Kier molecular flexibility index (Phi) is 3.45. The van der Waals surface area contributed by atoms with Gasteiger partial charge in [0, 0.05) is 19.2 Å². The normalized spacial score (nSPS) is 10.2. The highest BCUT2D eigenvalue weighted by Crippen LogP contribution is 2.15. The monoisotopic (exact) mass is 209 g/mol. The first kappa shape index (κ1) is 11.7. The Morgan fingerprint density at radius 3 is 2.20 bits per heavy atom. The van der Waals surface area contributed by atoms with E-state index in [4.69, 9.17) is 0 Å². The highest BCUT2D eigenvalue weighted by atomic mass is 19.1. The lowest BCUT2D eigenvalue weighted by atomic mass is 10.1. The molecule has 82 valence electrons. The molecule has 0 spiro atoms. The van der Waals surface area contributed by atoms with Gasteiger partial charge in [-0.15, -0.1) is 0 Å². The summed E-state index contributed by atoms with van der Waals surface area (Å²) in [6.45, 7) is 5.89. The molecule has 15 heavy (non-hydrogen) atoms. The van der Waals surface area contributed by atoms with Crippen LogP contribution in [0.5, 0.6) is 0 Å². The zero-order valence-corrected chi connectivity index (χ0v) is 9.60. The maximum atomic E-state index is 13.3. The number of hydrogen-bond acceptors (Lipinski definition) is 1. The number of aryl methyl sites for hydroxylation is 2. The van der Waals surface area contributed by atoms with Crippen molar-refractivity contribution >= 4 is 5.91 Å². The maximum Gasteiger partial charge on any atom is 0.253 e. The Hall–Kier alpha value is -1.38. The van der Waals surface area contributed by atoms with Gasteiger partial charge in [0.15, 0.2) is 0 Å². The molecule has 0 aliphatic heterocycles. The quantitative estimate of drug-likeness (QED) is 0.733. The van der Waals surface area contributed by atoms with Crippen molar-refractivity contribution in [3.8, 4) is 0 Å². The number of halogens is 1. The fraction of sp³-hybridized carbons (Fsp3) is 0.417. The van der Waals surface area contributed by atoms with Crippen LogP contribution >= 0.6 is 0 Å². The molecule has 1 amide bonds. The minimum absolute atomic E-state index is 0.0660. The Bertz CT molecular complexity index is 364. The second kappa shape index (κ2) is 4.43. The average molecular weight is 209 g/mol. The second-order valence-corrected chi connectivity index (χ2v) is 3.74. The molecule has 0 bridgehead atoms. The summed E-state index contributed by atoms with van der Waals surface area (Å²) >= 11 is 0. The molecule has 0 aliphatic rings. The lowest BCUT2D eigenvalue weighted by Gasteiger charge is -2.15. The van der Waals surface area contributed by atoms with E-state index >= 15 is 0 Å². The topological polar surface area (TPSA) is 20.3 Å². The molecule has 1 rings (SSSR count). The third-order valence-electron chi connectivity index (χ3n) is 2.50. The lowest BCUT2D eigenvalue weighted by Crippen LogP contribution is -2.26. The van der Waals surface area contributed by atoms with Crippen LogP contribution in [-0.2, 0) is 0 Å². The fourth-order valence-corrected chi connectivity index (χ4v) is 1.43. The van der Waals surface area contributed by atoms with Crippen LogP contribution in [0.1, 0.15) is 28.4 Å². The first-order valence-corrected chi connectivity index (χ1v) is 4.99. The van der Waals surface area contributed by atoms with E-state index in [-0.39, 0.29) is 11.7 Å². The number of carbonyl (C=O) groups is 1. The molecular weight excluding hydrogens is 193 g/mol. The number of hydrogen-bond donors (Lipinski definition) is 0. The van der Waals surface area contributed by atoms with E-state index < -0.39 is 0 Å². The van der Waals surface area contributed by atoms with Crippen LogP contribution in [0.4, 0.5) is 4.39 Å². The van der Waals surface area contributed by atoms with Crippen molar-refractivity contribution in [2.45, 2.75) is 20.8 Å². The maximum absolute atomic E-state index is 13.3. The number of nitrogens with zero attached hydrogens (tertiary/aromatic N) is 1. The van der Waals surface area contributed by atoms with Crippen molar-refractivity contribution in [2.24, 2.45) is 0 Å². The molecule has 0 fully saturated rings. The van der Waals surface area contributed by atoms with Crippen molar-refractivity contribution in [3.63, 3.8) is 0 Å². The van der Waals surface area contributed by atoms with E-state index in [1.54, 1.807) is 37.9 Å². The van der Waals surface area contributed by atoms with Crippen LogP contribution in [0.25, 0.3) is 0 Å². The van der Waals surface area contributed by atoms with Crippen LogP contribution in [0.15, 0.2) is 12.1 Å². The van der Waals surface area contributed by atoms with Crippen LogP contribution in [0.3, 0.4) is 0 Å². The molecule has 0 N–H and O–H groups in total. The molecule has 0 atom stereocenters. The van der Waals surface area contributed by atoms with Gasteiger partial charge in [-0.3, -0.25) is 4.79 Å². The average Bonchev–Trinajstić information content (AvgIpc) is 2.23. The van der Waals surface area contributed by atoms with E-state index in [0.717, 1.165) is 0 Å². The zero-order valence-electron chi connectivity index (χ0n) is 9.60. The molecule has 0 saturated carbocycles. The summed E-state index contributed by atoms with van der Waals surface area (Å²) < 4.78 is 13.3. The fourth-order valence-electron chi connectivity index (χ4n) is 1.43. The highest BCUT2D eigenvalue weighted by molar-refractivity contribution is 5.94. The Labute approximate surface area is 89.7 Å². The molecule has 0 radical (unpaired) electrons. The van der Waals surface area contributed by atoms with Gasteiger partial charge in [0.25, 0.3) is 5.91 Å². The van der Waals surface area contributed by atoms with Gasteiger partial charge in [0.05, 0.1) is 0 Å². The Morgan fingerprint density at radius 1 is 1.33 bits per heavy atom. The van der Waals surface area contributed by atoms with Crippen molar-refractivity contribution in [2.75, 3.05) is 13.6 Å². The van der Waals surface area contributed by atoms with Gasteiger partial charge in [0.1, 0.15) is 5.82 Å². The predicted molar refractivity (Wildman–Crippen MR) is 58.5 cm³/mol. The molecule has 3 heteroatoms. The zero-order chi connectivity index (χ0) is 11.6. The van der Waals surface area contributed by atoms with Gasteiger partial charge in [-0.25, -0.2) is 4.39 Å². The number of benzene rings is 1. The predicted octanol–water partition coefficient (Wildman–Crippen LogP) is 2.53. The van der Waals surface area contributed by atoms with Crippen LogP contribution < -0.4 is 0 Å². The Morgan fingerprint density at radius 2 is 1.80 bits per heavy atom. The van der Waals surface area contributed by atoms with Crippen LogP contribution in [-0.4, -0.2) is 24.4 Å². The molecule has 1 aromatic rings. The minimum Gasteiger partial charge on any atom is -0.342 e. The lowest BCUT2D eigenvalue weighted by molar-refractivity contribution is 0.0802. The van der Waals surface area contributed by atoms with Gasteiger partial charge < -0.3 is 4.90 Å². The summed E-state index contributed by atoms with van der Waals surface area (Å²) in [5.74, 6) is -0.297. The minimum atomic E-state index is -0.231. The summed E-state index contributed by atoms with van der Waals surface area (Å²) in [7, 11) is 1.73. The standard InChI is InChI=1S/C12H16FNO/c1-5-14(4)12(15)10-6-8(2)11(13)9(3)7-10/h6-7H,5H2,1-4H3. The van der Waals surface area contributed by atoms with Crippen molar-refractivity contribution < 1.29 is 9.18 Å².